The summed E-state index contributed by atoms with van der Waals surface area (Å²) in [4.78, 5) is 15.8. The second-order valence-electron chi connectivity index (χ2n) is 6.90. The number of amides is 1. The Bertz CT molecular complexity index is 296. The highest BCUT2D eigenvalue weighted by Gasteiger charge is 2.19. The Hall–Kier alpha value is -0.650. The lowest BCUT2D eigenvalue weighted by molar-refractivity contribution is -0.132. The van der Waals surface area contributed by atoms with Crippen molar-refractivity contribution in [1.29, 1.82) is 0 Å². The SMILES string of the molecule is CN(CC(O)CN1CCOCC1)C(=O)CCC(C)(C)C. The molecule has 1 N–H and O–H groups in total. The Morgan fingerprint density at radius 3 is 2.50 bits per heavy atom. The molecule has 5 nitrogen and oxygen atoms in total. The first-order valence-corrected chi connectivity index (χ1v) is 7.50. The van der Waals surface area contributed by atoms with Gasteiger partial charge in [0.1, 0.15) is 0 Å². The summed E-state index contributed by atoms with van der Waals surface area (Å²) in [6.07, 6.45) is 0.927. The van der Waals surface area contributed by atoms with Gasteiger partial charge in [0.25, 0.3) is 0 Å². The topological polar surface area (TPSA) is 53.0 Å². The number of β-amino-alcohol motifs (C(OH)–C–C–N with tert-alkyl or cyclic N) is 1. The number of carbonyl (C=O) groups is 1. The Kier molecular flexibility index (Phi) is 6.92. The van der Waals surface area contributed by atoms with E-state index in [1.807, 2.05) is 0 Å². The van der Waals surface area contributed by atoms with Gasteiger partial charge in [-0.05, 0) is 11.8 Å². The molecule has 1 fully saturated rings. The number of aliphatic hydroxyl groups is 1. The van der Waals surface area contributed by atoms with Crippen LogP contribution in [-0.2, 0) is 9.53 Å². The zero-order valence-corrected chi connectivity index (χ0v) is 13.4. The standard InChI is InChI=1S/C15H30N2O3/c1-15(2,3)6-5-14(19)16(4)11-13(18)12-17-7-9-20-10-8-17/h13,18H,5-12H2,1-4H3. The number of rotatable bonds is 6. The lowest BCUT2D eigenvalue weighted by Gasteiger charge is -2.30. The van der Waals surface area contributed by atoms with Gasteiger partial charge in [0.15, 0.2) is 0 Å². The quantitative estimate of drug-likeness (QED) is 0.790. The van der Waals surface area contributed by atoms with Crippen LogP contribution in [0.1, 0.15) is 33.6 Å². The summed E-state index contributed by atoms with van der Waals surface area (Å²) in [7, 11) is 1.77. The van der Waals surface area contributed by atoms with Crippen molar-refractivity contribution in [3.63, 3.8) is 0 Å². The molecule has 20 heavy (non-hydrogen) atoms. The molecule has 0 spiro atoms. The van der Waals surface area contributed by atoms with E-state index in [-0.39, 0.29) is 11.3 Å². The normalized spacial score (nSPS) is 18.9. The van der Waals surface area contributed by atoms with Crippen LogP contribution in [0.15, 0.2) is 0 Å². The predicted molar refractivity (Wildman–Crippen MR) is 79.6 cm³/mol. The van der Waals surface area contributed by atoms with E-state index in [9.17, 15) is 9.90 Å². The van der Waals surface area contributed by atoms with Crippen LogP contribution in [0.3, 0.4) is 0 Å². The summed E-state index contributed by atoms with van der Waals surface area (Å²) in [6, 6.07) is 0. The van der Waals surface area contributed by atoms with Gasteiger partial charge in [0.05, 0.1) is 19.3 Å². The predicted octanol–water partition coefficient (Wildman–Crippen LogP) is 0.964. The van der Waals surface area contributed by atoms with Gasteiger partial charge >= 0.3 is 0 Å². The molecule has 0 bridgehead atoms. The largest absolute Gasteiger partial charge is 0.390 e. The van der Waals surface area contributed by atoms with E-state index < -0.39 is 6.10 Å². The van der Waals surface area contributed by atoms with Gasteiger partial charge in [0, 0.05) is 39.6 Å². The molecule has 0 aromatic carbocycles. The van der Waals surface area contributed by atoms with E-state index in [2.05, 4.69) is 25.7 Å². The van der Waals surface area contributed by atoms with Crippen molar-refractivity contribution in [2.45, 2.75) is 39.7 Å². The van der Waals surface area contributed by atoms with Gasteiger partial charge in [-0.3, -0.25) is 9.69 Å². The van der Waals surface area contributed by atoms with Crippen molar-refractivity contribution in [2.24, 2.45) is 5.41 Å². The zero-order valence-electron chi connectivity index (χ0n) is 13.4. The van der Waals surface area contributed by atoms with Gasteiger partial charge in [-0.1, -0.05) is 20.8 Å². The van der Waals surface area contributed by atoms with E-state index >= 15 is 0 Å². The van der Waals surface area contributed by atoms with Crippen molar-refractivity contribution < 1.29 is 14.6 Å². The fourth-order valence-corrected chi connectivity index (χ4v) is 2.23. The smallest absolute Gasteiger partial charge is 0.222 e. The molecule has 0 aromatic heterocycles. The molecule has 0 aromatic rings. The highest BCUT2D eigenvalue weighted by Crippen LogP contribution is 2.20. The molecular weight excluding hydrogens is 256 g/mol. The fourth-order valence-electron chi connectivity index (χ4n) is 2.23. The van der Waals surface area contributed by atoms with Crippen LogP contribution in [0.2, 0.25) is 0 Å². The lowest BCUT2D eigenvalue weighted by Crippen LogP contribution is -2.45. The minimum atomic E-state index is -0.489. The minimum Gasteiger partial charge on any atom is -0.390 e. The van der Waals surface area contributed by atoms with Gasteiger partial charge in [-0.2, -0.15) is 0 Å². The van der Waals surface area contributed by atoms with Crippen LogP contribution in [-0.4, -0.2) is 73.4 Å². The molecule has 1 amide bonds. The molecule has 1 aliphatic rings. The second kappa shape index (κ2) is 7.96. The number of hydrogen-bond donors (Lipinski definition) is 1. The van der Waals surface area contributed by atoms with Crippen LogP contribution in [0.5, 0.6) is 0 Å². The lowest BCUT2D eigenvalue weighted by atomic mass is 9.90. The zero-order chi connectivity index (χ0) is 15.2. The number of likely N-dealkylation sites (N-methyl/N-ethyl adjacent to an activating group) is 1. The monoisotopic (exact) mass is 286 g/mol. The fraction of sp³-hybridized carbons (Fsp3) is 0.933. The van der Waals surface area contributed by atoms with Crippen LogP contribution in [0.25, 0.3) is 0 Å². The maximum absolute atomic E-state index is 12.0. The van der Waals surface area contributed by atoms with Crippen molar-refractivity contribution in [3.05, 3.63) is 0 Å². The first-order valence-electron chi connectivity index (χ1n) is 7.50. The first-order chi connectivity index (χ1) is 9.28. The van der Waals surface area contributed by atoms with Crippen molar-refractivity contribution >= 4 is 5.91 Å². The molecular formula is C15H30N2O3. The molecule has 5 heteroatoms. The maximum Gasteiger partial charge on any atom is 0.222 e. The summed E-state index contributed by atoms with van der Waals surface area (Å²) in [5, 5.41) is 10.1. The molecule has 0 aliphatic carbocycles. The average Bonchev–Trinajstić information content (AvgIpc) is 2.36. The van der Waals surface area contributed by atoms with E-state index in [1.165, 1.54) is 0 Å². The Morgan fingerprint density at radius 1 is 1.35 bits per heavy atom. The average molecular weight is 286 g/mol. The van der Waals surface area contributed by atoms with Crippen molar-refractivity contribution in [2.75, 3.05) is 46.4 Å². The van der Waals surface area contributed by atoms with Crippen LogP contribution >= 0.6 is 0 Å². The first kappa shape index (κ1) is 17.4. The molecule has 1 saturated heterocycles. The Labute approximate surface area is 122 Å². The Balaban J connectivity index is 2.25. The second-order valence-corrected chi connectivity index (χ2v) is 6.90. The Morgan fingerprint density at radius 2 is 1.95 bits per heavy atom. The van der Waals surface area contributed by atoms with Crippen LogP contribution in [0, 0.1) is 5.41 Å². The highest BCUT2D eigenvalue weighted by molar-refractivity contribution is 5.75. The number of nitrogens with zero attached hydrogens (tertiary/aromatic N) is 2. The van der Waals surface area contributed by atoms with Gasteiger partial charge < -0.3 is 14.7 Å². The minimum absolute atomic E-state index is 0.112. The van der Waals surface area contributed by atoms with Gasteiger partial charge in [0.2, 0.25) is 5.91 Å². The van der Waals surface area contributed by atoms with Gasteiger partial charge in [-0.15, -0.1) is 0 Å². The molecule has 1 heterocycles. The molecule has 118 valence electrons. The molecule has 0 radical (unpaired) electrons. The van der Waals surface area contributed by atoms with Crippen molar-refractivity contribution in [1.82, 2.24) is 9.80 Å². The van der Waals surface area contributed by atoms with E-state index in [0.717, 1.165) is 32.7 Å². The molecule has 1 aliphatic heterocycles. The number of ether oxygens (including phenoxy) is 1. The summed E-state index contributed by atoms with van der Waals surface area (Å²) in [6.45, 7) is 10.6. The maximum atomic E-state index is 12.0. The third-order valence-electron chi connectivity index (χ3n) is 3.57. The number of carbonyl (C=O) groups excluding carboxylic acids is 1. The molecule has 0 saturated carbocycles. The number of hydrogen-bond acceptors (Lipinski definition) is 4. The summed E-state index contributed by atoms with van der Waals surface area (Å²) >= 11 is 0. The number of aliphatic hydroxyl groups excluding tert-OH is 1. The summed E-state index contributed by atoms with van der Waals surface area (Å²) in [5.41, 5.74) is 0.170. The summed E-state index contributed by atoms with van der Waals surface area (Å²) < 4.78 is 5.28. The molecule has 1 unspecified atom stereocenters. The third kappa shape index (κ3) is 7.22. The summed E-state index contributed by atoms with van der Waals surface area (Å²) in [5.74, 6) is 0.112. The van der Waals surface area contributed by atoms with Gasteiger partial charge in [-0.25, -0.2) is 0 Å². The molecule has 1 atom stereocenters. The van der Waals surface area contributed by atoms with Crippen LogP contribution in [0.4, 0.5) is 0 Å². The van der Waals surface area contributed by atoms with E-state index in [0.29, 0.717) is 19.5 Å². The third-order valence-corrected chi connectivity index (χ3v) is 3.57. The molecule has 1 rings (SSSR count). The van der Waals surface area contributed by atoms with Crippen molar-refractivity contribution in [3.8, 4) is 0 Å². The van der Waals surface area contributed by atoms with E-state index in [1.54, 1.807) is 11.9 Å². The highest BCUT2D eigenvalue weighted by atomic mass is 16.5. The van der Waals surface area contributed by atoms with E-state index in [4.69, 9.17) is 4.74 Å². The number of morpholine rings is 1. The van der Waals surface area contributed by atoms with Crippen LogP contribution < -0.4 is 0 Å².